The van der Waals surface area contributed by atoms with Crippen molar-refractivity contribution in [1.82, 2.24) is 14.5 Å². The molecule has 2 aliphatic rings. The minimum atomic E-state index is -3.53. The van der Waals surface area contributed by atoms with Crippen LogP contribution < -0.4 is 11.1 Å². The fourth-order valence-corrected chi connectivity index (χ4v) is 6.82. The number of rotatable bonds is 7. The van der Waals surface area contributed by atoms with E-state index in [0.29, 0.717) is 42.8 Å². The molecule has 1 saturated carbocycles. The Kier molecular flexibility index (Phi) is 8.34. The monoisotopic (exact) mass is 523 g/mol. The minimum absolute atomic E-state index is 0.238. The molecule has 2 fully saturated rings. The van der Waals surface area contributed by atoms with E-state index in [0.717, 1.165) is 49.0 Å². The van der Waals surface area contributed by atoms with Crippen molar-refractivity contribution in [3.8, 4) is 17.2 Å². The van der Waals surface area contributed by atoms with Crippen molar-refractivity contribution in [3.63, 3.8) is 0 Å². The second-order valence-corrected chi connectivity index (χ2v) is 12.4. The molecular weight excluding hydrogens is 486 g/mol. The van der Waals surface area contributed by atoms with Crippen LogP contribution in [0.2, 0.25) is 0 Å². The Labute approximate surface area is 220 Å². The number of carbonyl (C=O) groups excluding carboxylic acids is 1. The molecule has 1 aliphatic heterocycles. The molecule has 2 aromatic rings. The smallest absolute Gasteiger partial charge is 0.243 e. The summed E-state index contributed by atoms with van der Waals surface area (Å²) in [7, 11) is -1.53. The Morgan fingerprint density at radius 3 is 2.27 bits per heavy atom. The molecule has 1 amide bonds. The van der Waals surface area contributed by atoms with Crippen LogP contribution in [-0.4, -0.2) is 68.3 Å². The lowest BCUT2D eigenvalue weighted by Gasteiger charge is -2.32. The number of nitrogens with one attached hydrogen (secondary N) is 1. The topological polar surface area (TPSA) is 120 Å². The van der Waals surface area contributed by atoms with Gasteiger partial charge in [0.15, 0.2) is 0 Å². The summed E-state index contributed by atoms with van der Waals surface area (Å²) < 4.78 is 27.9. The molecule has 8 nitrogen and oxygen atoms in total. The molecule has 1 heterocycles. The van der Waals surface area contributed by atoms with Gasteiger partial charge in [0.05, 0.1) is 16.5 Å². The predicted molar refractivity (Wildman–Crippen MR) is 144 cm³/mol. The number of aryl methyl sites for hydroxylation is 1. The number of piperazine rings is 1. The zero-order valence-electron chi connectivity index (χ0n) is 21.7. The number of nitrogens with two attached hydrogens (primary N) is 1. The molecule has 1 aliphatic carbocycles. The van der Waals surface area contributed by atoms with E-state index < -0.39 is 21.6 Å². The number of hydrogen-bond donors (Lipinski definition) is 2. The normalized spacial score (nSPS) is 19.6. The fourth-order valence-electron chi connectivity index (χ4n) is 5.20. The SMILES string of the molecule is Cc1cc(-c2ccc(C[C@H](C#N)NC(=O)C3(N)CCCCC3)cc2)ccc1S(=O)(=O)N1CCN(C)CC1. The molecule has 3 N–H and O–H groups in total. The summed E-state index contributed by atoms with van der Waals surface area (Å²) in [6.45, 7) is 4.28. The van der Waals surface area contributed by atoms with Gasteiger partial charge in [-0.3, -0.25) is 4.79 Å². The molecule has 0 bridgehead atoms. The number of carbonyl (C=O) groups is 1. The van der Waals surface area contributed by atoms with Crippen molar-refractivity contribution in [2.24, 2.45) is 5.73 Å². The molecule has 1 saturated heterocycles. The van der Waals surface area contributed by atoms with Crippen LogP contribution in [0.1, 0.15) is 43.2 Å². The van der Waals surface area contributed by atoms with Crippen LogP contribution in [0, 0.1) is 18.3 Å². The number of sulfonamides is 1. The van der Waals surface area contributed by atoms with Gasteiger partial charge in [-0.25, -0.2) is 8.42 Å². The Bertz CT molecular complexity index is 1260. The highest BCUT2D eigenvalue weighted by Crippen LogP contribution is 2.28. The number of likely N-dealkylation sites (N-methyl/N-ethyl adjacent to an activating group) is 1. The second-order valence-electron chi connectivity index (χ2n) is 10.5. The molecule has 4 rings (SSSR count). The van der Waals surface area contributed by atoms with Crippen molar-refractivity contribution in [2.75, 3.05) is 33.2 Å². The molecule has 0 spiro atoms. The highest BCUT2D eigenvalue weighted by Gasteiger charge is 2.36. The Morgan fingerprint density at radius 2 is 1.68 bits per heavy atom. The summed E-state index contributed by atoms with van der Waals surface area (Å²) in [6.07, 6.45) is 4.66. The summed E-state index contributed by atoms with van der Waals surface area (Å²) in [5, 5.41) is 12.5. The molecule has 0 unspecified atom stereocenters. The molecule has 0 aromatic heterocycles. The minimum Gasteiger partial charge on any atom is -0.338 e. The molecule has 0 radical (unpaired) electrons. The van der Waals surface area contributed by atoms with Crippen molar-refractivity contribution in [2.45, 2.75) is 61.9 Å². The first-order valence-electron chi connectivity index (χ1n) is 13.0. The third-order valence-electron chi connectivity index (χ3n) is 7.64. The first kappa shape index (κ1) is 27.3. The van der Waals surface area contributed by atoms with E-state index in [1.165, 1.54) is 0 Å². The lowest BCUT2D eigenvalue weighted by Crippen LogP contribution is -2.57. The van der Waals surface area contributed by atoms with Crippen LogP contribution in [0.4, 0.5) is 0 Å². The van der Waals surface area contributed by atoms with Crippen LogP contribution in [0.5, 0.6) is 0 Å². The van der Waals surface area contributed by atoms with E-state index in [1.807, 2.05) is 50.4 Å². The Hall–Kier alpha value is -2.77. The summed E-state index contributed by atoms with van der Waals surface area (Å²) in [4.78, 5) is 15.2. The quantitative estimate of drug-likeness (QED) is 0.576. The van der Waals surface area contributed by atoms with Gasteiger partial charge in [-0.15, -0.1) is 0 Å². The van der Waals surface area contributed by atoms with Gasteiger partial charge >= 0.3 is 0 Å². The van der Waals surface area contributed by atoms with Crippen molar-refractivity contribution in [3.05, 3.63) is 53.6 Å². The van der Waals surface area contributed by atoms with Crippen molar-refractivity contribution >= 4 is 15.9 Å². The zero-order chi connectivity index (χ0) is 26.6. The lowest BCUT2D eigenvalue weighted by atomic mass is 9.81. The maximum Gasteiger partial charge on any atom is 0.243 e. The van der Waals surface area contributed by atoms with Crippen LogP contribution in [-0.2, 0) is 21.2 Å². The first-order chi connectivity index (χ1) is 17.6. The average Bonchev–Trinajstić information content (AvgIpc) is 2.89. The van der Waals surface area contributed by atoms with Crippen molar-refractivity contribution < 1.29 is 13.2 Å². The number of hydrogen-bond acceptors (Lipinski definition) is 6. The highest BCUT2D eigenvalue weighted by molar-refractivity contribution is 7.89. The summed E-state index contributed by atoms with van der Waals surface area (Å²) >= 11 is 0. The Morgan fingerprint density at radius 1 is 1.05 bits per heavy atom. The zero-order valence-corrected chi connectivity index (χ0v) is 22.6. The third kappa shape index (κ3) is 6.21. The number of benzene rings is 2. The summed E-state index contributed by atoms with van der Waals surface area (Å²) in [5.41, 5.74) is 8.96. The second kappa shape index (κ2) is 11.3. The number of nitriles is 1. The van der Waals surface area contributed by atoms with Gasteiger partial charge < -0.3 is 16.0 Å². The van der Waals surface area contributed by atoms with Gasteiger partial charge in [-0.05, 0) is 55.1 Å². The van der Waals surface area contributed by atoms with Gasteiger partial charge in [0.25, 0.3) is 0 Å². The predicted octanol–water partition coefficient (Wildman–Crippen LogP) is 2.81. The van der Waals surface area contributed by atoms with Crippen LogP contribution >= 0.6 is 0 Å². The maximum atomic E-state index is 13.2. The molecule has 2 aromatic carbocycles. The van der Waals surface area contributed by atoms with Gasteiger partial charge in [0, 0.05) is 32.6 Å². The van der Waals surface area contributed by atoms with E-state index in [4.69, 9.17) is 5.73 Å². The van der Waals surface area contributed by atoms with Crippen LogP contribution in [0.3, 0.4) is 0 Å². The summed E-state index contributed by atoms with van der Waals surface area (Å²) in [5.74, 6) is -0.238. The van der Waals surface area contributed by atoms with E-state index in [1.54, 1.807) is 10.4 Å². The van der Waals surface area contributed by atoms with Gasteiger partial charge in [0.1, 0.15) is 6.04 Å². The van der Waals surface area contributed by atoms with E-state index >= 15 is 0 Å². The average molecular weight is 524 g/mol. The van der Waals surface area contributed by atoms with Gasteiger partial charge in [-0.2, -0.15) is 9.57 Å². The molecular formula is C28H37N5O3S. The lowest BCUT2D eigenvalue weighted by molar-refractivity contribution is -0.127. The van der Waals surface area contributed by atoms with Crippen LogP contribution in [0.25, 0.3) is 11.1 Å². The van der Waals surface area contributed by atoms with E-state index in [-0.39, 0.29) is 5.91 Å². The number of amides is 1. The summed E-state index contributed by atoms with van der Waals surface area (Å²) in [6, 6.07) is 14.8. The first-order valence-corrected chi connectivity index (χ1v) is 14.4. The number of nitrogens with zero attached hydrogens (tertiary/aromatic N) is 3. The molecule has 9 heteroatoms. The Balaban J connectivity index is 1.42. The van der Waals surface area contributed by atoms with E-state index in [2.05, 4.69) is 16.3 Å². The maximum absolute atomic E-state index is 13.2. The molecule has 1 atom stereocenters. The molecule has 37 heavy (non-hydrogen) atoms. The van der Waals surface area contributed by atoms with Gasteiger partial charge in [0.2, 0.25) is 15.9 Å². The van der Waals surface area contributed by atoms with Crippen molar-refractivity contribution in [1.29, 1.82) is 5.26 Å². The highest BCUT2D eigenvalue weighted by atomic mass is 32.2. The van der Waals surface area contributed by atoms with Gasteiger partial charge in [-0.1, -0.05) is 55.7 Å². The standard InChI is InChI=1S/C28H37N5O3S/c1-21-18-24(10-11-26(21)37(35,36)33-16-14-32(2)15-17-33)23-8-6-22(7-9-23)19-25(20-29)31-27(34)28(30)12-4-3-5-13-28/h6-11,18,25H,3-5,12-17,19,30H2,1-2H3,(H,31,34)/t25-/m1/s1. The van der Waals surface area contributed by atoms with E-state index in [9.17, 15) is 18.5 Å². The van der Waals surface area contributed by atoms with Crippen LogP contribution in [0.15, 0.2) is 47.4 Å². The fraction of sp³-hybridized carbons (Fsp3) is 0.500. The molecule has 198 valence electrons. The third-order valence-corrected chi connectivity index (χ3v) is 9.70. The largest absolute Gasteiger partial charge is 0.338 e.